The topological polar surface area (TPSA) is 70.5 Å². The zero-order valence-corrected chi connectivity index (χ0v) is 11.2. The molecule has 20 heavy (non-hydrogen) atoms. The van der Waals surface area contributed by atoms with Gasteiger partial charge in [-0.15, -0.1) is 0 Å². The van der Waals surface area contributed by atoms with Crippen molar-refractivity contribution in [2.75, 3.05) is 18.9 Å². The van der Waals surface area contributed by atoms with Crippen molar-refractivity contribution in [2.45, 2.75) is 6.54 Å². The maximum atomic E-state index is 11.9. The van der Waals surface area contributed by atoms with E-state index in [2.05, 4.69) is 5.32 Å². The van der Waals surface area contributed by atoms with Crippen LogP contribution in [-0.4, -0.2) is 19.5 Å². The van der Waals surface area contributed by atoms with Gasteiger partial charge in [0, 0.05) is 5.69 Å². The standard InChI is InChI=1S/C15H15N3O2/c1-18(10-14-6-3-7-20-14)11-15(19)17-13-5-2-4-12(8-13)9-16/h2-8H,10-11H2,1H3,(H,17,19)/p+1. The monoisotopic (exact) mass is 270 g/mol. The molecule has 0 aliphatic rings. The number of carbonyl (C=O) groups is 1. The van der Waals surface area contributed by atoms with Gasteiger partial charge in [0.05, 0.1) is 24.9 Å². The van der Waals surface area contributed by atoms with Crippen LogP contribution in [0.25, 0.3) is 0 Å². The average molecular weight is 270 g/mol. The van der Waals surface area contributed by atoms with Crippen molar-refractivity contribution >= 4 is 11.6 Å². The molecule has 0 radical (unpaired) electrons. The van der Waals surface area contributed by atoms with Gasteiger partial charge in [0.15, 0.2) is 12.3 Å². The fourth-order valence-electron chi connectivity index (χ4n) is 1.92. The van der Waals surface area contributed by atoms with Crippen LogP contribution in [0.2, 0.25) is 0 Å². The summed E-state index contributed by atoms with van der Waals surface area (Å²) in [6.45, 7) is 0.982. The van der Waals surface area contributed by atoms with Crippen LogP contribution in [0.5, 0.6) is 0 Å². The van der Waals surface area contributed by atoms with Crippen molar-refractivity contribution in [3.8, 4) is 6.07 Å². The highest BCUT2D eigenvalue weighted by Crippen LogP contribution is 2.09. The number of quaternary nitrogens is 1. The second-order valence-corrected chi connectivity index (χ2v) is 4.63. The van der Waals surface area contributed by atoms with Gasteiger partial charge >= 0.3 is 0 Å². The Labute approximate surface area is 117 Å². The van der Waals surface area contributed by atoms with Crippen LogP contribution in [0, 0.1) is 11.3 Å². The Bertz CT molecular complexity index is 614. The fraction of sp³-hybridized carbons (Fsp3) is 0.200. The van der Waals surface area contributed by atoms with Crippen molar-refractivity contribution in [1.82, 2.24) is 0 Å². The molecule has 0 aliphatic carbocycles. The first-order valence-electron chi connectivity index (χ1n) is 6.31. The summed E-state index contributed by atoms with van der Waals surface area (Å²) in [4.78, 5) is 12.9. The predicted octanol–water partition coefficient (Wildman–Crippen LogP) is 0.805. The highest BCUT2D eigenvalue weighted by atomic mass is 16.3. The second kappa shape index (κ2) is 6.55. The van der Waals surface area contributed by atoms with Gasteiger partial charge in [-0.3, -0.25) is 4.79 Å². The van der Waals surface area contributed by atoms with Crippen molar-refractivity contribution in [1.29, 1.82) is 5.26 Å². The molecular formula is C15H16N3O2+. The van der Waals surface area contributed by atoms with E-state index in [1.807, 2.05) is 25.2 Å². The summed E-state index contributed by atoms with van der Waals surface area (Å²) >= 11 is 0. The SMILES string of the molecule is C[NH+](CC(=O)Nc1cccc(C#N)c1)Cc1ccco1. The maximum absolute atomic E-state index is 11.9. The number of hydrogen-bond donors (Lipinski definition) is 2. The van der Waals surface area contributed by atoms with Crippen molar-refractivity contribution in [3.05, 3.63) is 54.0 Å². The van der Waals surface area contributed by atoms with Crippen molar-refractivity contribution in [3.63, 3.8) is 0 Å². The van der Waals surface area contributed by atoms with Gasteiger partial charge in [-0.05, 0) is 30.3 Å². The predicted molar refractivity (Wildman–Crippen MR) is 74.0 cm³/mol. The highest BCUT2D eigenvalue weighted by Gasteiger charge is 2.12. The van der Waals surface area contributed by atoms with Gasteiger partial charge in [0.1, 0.15) is 6.54 Å². The Hall–Kier alpha value is -2.58. The normalized spacial score (nSPS) is 11.6. The first kappa shape index (κ1) is 13.8. The van der Waals surface area contributed by atoms with Crippen LogP contribution >= 0.6 is 0 Å². The summed E-state index contributed by atoms with van der Waals surface area (Å²) < 4.78 is 5.25. The third-order valence-electron chi connectivity index (χ3n) is 2.79. The van der Waals surface area contributed by atoms with E-state index in [4.69, 9.17) is 9.68 Å². The molecule has 102 valence electrons. The molecule has 5 heteroatoms. The lowest BCUT2D eigenvalue weighted by Crippen LogP contribution is -3.08. The Balaban J connectivity index is 1.87. The molecule has 0 saturated heterocycles. The number of carbonyl (C=O) groups excluding carboxylic acids is 1. The third-order valence-corrected chi connectivity index (χ3v) is 2.79. The number of hydrogen-bond acceptors (Lipinski definition) is 3. The summed E-state index contributed by atoms with van der Waals surface area (Å²) in [7, 11) is 1.92. The van der Waals surface area contributed by atoms with E-state index in [-0.39, 0.29) is 5.91 Å². The van der Waals surface area contributed by atoms with Crippen LogP contribution < -0.4 is 10.2 Å². The maximum Gasteiger partial charge on any atom is 0.279 e. The Morgan fingerprint density at radius 2 is 2.25 bits per heavy atom. The Morgan fingerprint density at radius 1 is 1.40 bits per heavy atom. The minimum absolute atomic E-state index is 0.0934. The van der Waals surface area contributed by atoms with Crippen LogP contribution in [0.1, 0.15) is 11.3 Å². The zero-order valence-electron chi connectivity index (χ0n) is 11.2. The van der Waals surface area contributed by atoms with Gasteiger partial charge in [-0.2, -0.15) is 5.26 Å². The van der Waals surface area contributed by atoms with E-state index in [9.17, 15) is 4.79 Å². The molecule has 1 unspecified atom stereocenters. The number of amides is 1. The summed E-state index contributed by atoms with van der Waals surface area (Å²) in [5.74, 6) is 0.755. The van der Waals surface area contributed by atoms with Crippen LogP contribution in [0.3, 0.4) is 0 Å². The van der Waals surface area contributed by atoms with E-state index in [0.29, 0.717) is 24.3 Å². The zero-order chi connectivity index (χ0) is 14.4. The molecule has 5 nitrogen and oxygen atoms in total. The molecule has 1 amide bonds. The molecule has 0 bridgehead atoms. The quantitative estimate of drug-likeness (QED) is 0.844. The summed E-state index contributed by atoms with van der Waals surface area (Å²) in [6, 6.07) is 12.6. The molecule has 1 atom stereocenters. The van der Waals surface area contributed by atoms with Gasteiger partial charge in [0.2, 0.25) is 0 Å². The van der Waals surface area contributed by atoms with Crippen LogP contribution in [-0.2, 0) is 11.3 Å². The number of nitrogens with one attached hydrogen (secondary N) is 2. The molecule has 2 rings (SSSR count). The molecule has 0 saturated carbocycles. The van der Waals surface area contributed by atoms with E-state index in [1.165, 1.54) is 0 Å². The van der Waals surface area contributed by atoms with Gasteiger partial charge in [-0.25, -0.2) is 0 Å². The van der Waals surface area contributed by atoms with Crippen molar-refractivity contribution < 1.29 is 14.1 Å². The summed E-state index contributed by atoms with van der Waals surface area (Å²) in [5, 5.41) is 11.6. The van der Waals surface area contributed by atoms with Crippen LogP contribution in [0.15, 0.2) is 47.1 Å². The average Bonchev–Trinajstić information content (AvgIpc) is 2.91. The molecule has 2 N–H and O–H groups in total. The lowest BCUT2D eigenvalue weighted by atomic mass is 10.2. The van der Waals surface area contributed by atoms with Crippen molar-refractivity contribution in [2.24, 2.45) is 0 Å². The van der Waals surface area contributed by atoms with E-state index in [0.717, 1.165) is 10.7 Å². The molecule has 0 aliphatic heterocycles. The number of nitriles is 1. The smallest absolute Gasteiger partial charge is 0.279 e. The molecule has 0 spiro atoms. The first-order valence-corrected chi connectivity index (χ1v) is 6.31. The largest absolute Gasteiger partial charge is 0.463 e. The lowest BCUT2D eigenvalue weighted by Gasteiger charge is -2.12. The lowest BCUT2D eigenvalue weighted by molar-refractivity contribution is -0.886. The Kier molecular flexibility index (Phi) is 4.53. The number of anilines is 1. The van der Waals surface area contributed by atoms with Crippen LogP contribution in [0.4, 0.5) is 5.69 Å². The van der Waals surface area contributed by atoms with E-state index in [1.54, 1.807) is 30.5 Å². The molecule has 1 aromatic carbocycles. The van der Waals surface area contributed by atoms with Gasteiger partial charge in [0.25, 0.3) is 5.91 Å². The fourth-order valence-corrected chi connectivity index (χ4v) is 1.92. The molecule has 1 heterocycles. The summed E-state index contributed by atoms with van der Waals surface area (Å²) in [6.07, 6.45) is 1.62. The highest BCUT2D eigenvalue weighted by molar-refractivity contribution is 5.91. The number of rotatable bonds is 5. The number of benzene rings is 1. The second-order valence-electron chi connectivity index (χ2n) is 4.63. The molecule has 1 aromatic heterocycles. The molecule has 2 aromatic rings. The Morgan fingerprint density at radius 3 is 2.95 bits per heavy atom. The third kappa shape index (κ3) is 3.97. The van der Waals surface area contributed by atoms with Gasteiger partial charge in [-0.1, -0.05) is 6.07 Å². The minimum atomic E-state index is -0.0934. The minimum Gasteiger partial charge on any atom is -0.463 e. The van der Waals surface area contributed by atoms with Gasteiger partial charge < -0.3 is 14.6 Å². The van der Waals surface area contributed by atoms with E-state index < -0.39 is 0 Å². The molecule has 0 fully saturated rings. The molecular weight excluding hydrogens is 254 g/mol. The number of furan rings is 1. The summed E-state index contributed by atoms with van der Waals surface area (Å²) in [5.41, 5.74) is 1.17. The van der Waals surface area contributed by atoms with E-state index >= 15 is 0 Å². The number of nitrogens with zero attached hydrogens (tertiary/aromatic N) is 1. The number of likely N-dealkylation sites (N-methyl/N-ethyl adjacent to an activating group) is 1. The first-order chi connectivity index (χ1) is 9.67.